The molecule has 47 heavy (non-hydrogen) atoms. The number of unbranched alkanes of at least 4 members (excludes halogenated alkanes) is 10. The molecule has 0 atom stereocenters. The molecule has 1 N–H and O–H groups in total. The van der Waals surface area contributed by atoms with Crippen molar-refractivity contribution >= 4 is 31.9 Å². The number of benzene rings is 4. The SMILES string of the molecule is CCCCCCCCOc1ccc2c(c1)-c1cc(OCCCCCCCC)ccc1C2(O)c1cc(Br)ccc1-c1ccc(Br)cc1C. The van der Waals surface area contributed by atoms with Gasteiger partial charge >= 0.3 is 0 Å². The van der Waals surface area contributed by atoms with Gasteiger partial charge in [0.1, 0.15) is 17.1 Å². The van der Waals surface area contributed by atoms with Gasteiger partial charge in [-0.05, 0) is 96.1 Å². The van der Waals surface area contributed by atoms with E-state index in [1.54, 1.807) is 0 Å². The van der Waals surface area contributed by atoms with Gasteiger partial charge in [0, 0.05) is 25.6 Å². The van der Waals surface area contributed by atoms with E-state index in [1.165, 1.54) is 64.2 Å². The van der Waals surface area contributed by atoms with Crippen LogP contribution >= 0.6 is 31.9 Å². The molecule has 0 aromatic heterocycles. The summed E-state index contributed by atoms with van der Waals surface area (Å²) in [4.78, 5) is 0. The summed E-state index contributed by atoms with van der Waals surface area (Å²) >= 11 is 7.35. The molecule has 0 radical (unpaired) electrons. The average Bonchev–Trinajstić information content (AvgIpc) is 3.32. The molecule has 0 amide bonds. The van der Waals surface area contributed by atoms with Crippen LogP contribution in [-0.4, -0.2) is 18.3 Å². The predicted molar refractivity (Wildman–Crippen MR) is 204 cm³/mol. The van der Waals surface area contributed by atoms with Crippen LogP contribution in [0.15, 0.2) is 81.7 Å². The van der Waals surface area contributed by atoms with E-state index in [2.05, 4.69) is 113 Å². The highest BCUT2D eigenvalue weighted by molar-refractivity contribution is 9.10. The highest BCUT2D eigenvalue weighted by Crippen LogP contribution is 2.55. The zero-order valence-electron chi connectivity index (χ0n) is 28.3. The summed E-state index contributed by atoms with van der Waals surface area (Å²) in [6.07, 6.45) is 14.7. The average molecular weight is 763 g/mol. The summed E-state index contributed by atoms with van der Waals surface area (Å²) in [5.74, 6) is 1.67. The zero-order chi connectivity index (χ0) is 33.2. The lowest BCUT2D eigenvalue weighted by molar-refractivity contribution is 0.131. The number of rotatable bonds is 18. The van der Waals surface area contributed by atoms with Crippen molar-refractivity contribution in [3.05, 3.63) is 104 Å². The van der Waals surface area contributed by atoms with Crippen molar-refractivity contribution in [2.75, 3.05) is 13.2 Å². The molecule has 5 heteroatoms. The van der Waals surface area contributed by atoms with E-state index in [9.17, 15) is 5.11 Å². The Morgan fingerprint density at radius 1 is 0.511 bits per heavy atom. The summed E-state index contributed by atoms with van der Waals surface area (Å²) < 4.78 is 14.5. The number of hydrogen-bond acceptors (Lipinski definition) is 3. The quantitative estimate of drug-likeness (QED) is 0.103. The first-order valence-corrected chi connectivity index (χ1v) is 19.3. The summed E-state index contributed by atoms with van der Waals surface area (Å²) in [5.41, 5.74) is 6.43. The second-order valence-corrected chi connectivity index (χ2v) is 14.8. The first kappa shape index (κ1) is 35.7. The van der Waals surface area contributed by atoms with Crippen LogP contribution in [0.4, 0.5) is 0 Å². The Bertz CT molecular complexity index is 1560. The van der Waals surface area contributed by atoms with E-state index in [0.717, 1.165) is 77.8 Å². The maximum absolute atomic E-state index is 13.1. The number of fused-ring (bicyclic) bond motifs is 3. The molecule has 4 aromatic rings. The monoisotopic (exact) mass is 760 g/mol. The van der Waals surface area contributed by atoms with Gasteiger partial charge in [-0.2, -0.15) is 0 Å². The molecule has 0 aliphatic heterocycles. The van der Waals surface area contributed by atoms with Crippen LogP contribution < -0.4 is 9.47 Å². The van der Waals surface area contributed by atoms with Crippen LogP contribution in [-0.2, 0) is 5.60 Å². The molecule has 0 bridgehead atoms. The molecule has 1 aliphatic rings. The van der Waals surface area contributed by atoms with Crippen LogP contribution in [0.2, 0.25) is 0 Å². The van der Waals surface area contributed by atoms with Crippen molar-refractivity contribution < 1.29 is 14.6 Å². The standard InChI is InChI=1S/C42H50Br2O3/c1-4-6-8-10-12-14-24-46-33-18-22-39-37(28-33)38-29-34(47-25-15-13-11-9-7-5-2)19-23-40(38)42(39,45)41-27-32(44)17-21-36(41)35-20-16-31(43)26-30(35)3/h16-23,26-29,45H,4-15,24-25H2,1-3H3. The van der Waals surface area contributed by atoms with Crippen LogP contribution in [0.1, 0.15) is 113 Å². The van der Waals surface area contributed by atoms with E-state index in [1.807, 2.05) is 12.1 Å². The van der Waals surface area contributed by atoms with Crippen LogP contribution in [0, 0.1) is 6.92 Å². The maximum atomic E-state index is 13.1. The van der Waals surface area contributed by atoms with Crippen molar-refractivity contribution in [3.8, 4) is 33.8 Å². The molecule has 4 aromatic carbocycles. The Hall–Kier alpha value is -2.60. The Balaban J connectivity index is 1.49. The summed E-state index contributed by atoms with van der Waals surface area (Å²) in [6.45, 7) is 8.01. The fourth-order valence-corrected chi connectivity index (χ4v) is 7.70. The van der Waals surface area contributed by atoms with Gasteiger partial charge in [-0.3, -0.25) is 0 Å². The van der Waals surface area contributed by atoms with Crippen LogP contribution in [0.5, 0.6) is 11.5 Å². The minimum absolute atomic E-state index is 0.696. The first-order valence-electron chi connectivity index (χ1n) is 17.7. The predicted octanol–water partition coefficient (Wildman–Crippen LogP) is 12.9. The first-order chi connectivity index (χ1) is 22.9. The molecule has 250 valence electrons. The van der Waals surface area contributed by atoms with E-state index >= 15 is 0 Å². The Morgan fingerprint density at radius 3 is 1.49 bits per heavy atom. The normalized spacial score (nSPS) is 13.0. The van der Waals surface area contributed by atoms with E-state index in [-0.39, 0.29) is 0 Å². The molecular formula is C42H50Br2O3. The van der Waals surface area contributed by atoms with Gasteiger partial charge in [0.15, 0.2) is 0 Å². The molecule has 5 rings (SSSR count). The third-order valence-electron chi connectivity index (χ3n) is 9.44. The highest BCUT2D eigenvalue weighted by atomic mass is 79.9. The van der Waals surface area contributed by atoms with Gasteiger partial charge in [0.2, 0.25) is 0 Å². The van der Waals surface area contributed by atoms with Gasteiger partial charge in [-0.25, -0.2) is 0 Å². The number of halogens is 2. The van der Waals surface area contributed by atoms with E-state index in [0.29, 0.717) is 13.2 Å². The number of hydrogen-bond donors (Lipinski definition) is 1. The van der Waals surface area contributed by atoms with Gasteiger partial charge in [-0.1, -0.05) is 134 Å². The summed E-state index contributed by atoms with van der Waals surface area (Å²) in [6, 6.07) is 24.9. The Kier molecular flexibility index (Phi) is 13.0. The number of aryl methyl sites for hydroxylation is 1. The minimum Gasteiger partial charge on any atom is -0.494 e. The molecule has 0 spiro atoms. The molecule has 0 fully saturated rings. The smallest absolute Gasteiger partial charge is 0.142 e. The zero-order valence-corrected chi connectivity index (χ0v) is 31.5. The molecule has 1 aliphatic carbocycles. The molecule has 3 nitrogen and oxygen atoms in total. The topological polar surface area (TPSA) is 38.7 Å². The van der Waals surface area contributed by atoms with E-state index < -0.39 is 5.60 Å². The largest absolute Gasteiger partial charge is 0.494 e. The van der Waals surface area contributed by atoms with Gasteiger partial charge in [0.05, 0.1) is 13.2 Å². The fourth-order valence-electron chi connectivity index (χ4n) is 6.86. The molecule has 0 saturated carbocycles. The molecule has 0 unspecified atom stereocenters. The molecule has 0 saturated heterocycles. The summed E-state index contributed by atoms with van der Waals surface area (Å²) in [5, 5.41) is 13.1. The van der Waals surface area contributed by atoms with Crippen molar-refractivity contribution in [2.45, 2.75) is 103 Å². The molecular weight excluding hydrogens is 712 g/mol. The number of aliphatic hydroxyl groups is 1. The van der Waals surface area contributed by atoms with Crippen molar-refractivity contribution in [1.29, 1.82) is 0 Å². The van der Waals surface area contributed by atoms with Crippen LogP contribution in [0.3, 0.4) is 0 Å². The van der Waals surface area contributed by atoms with Crippen molar-refractivity contribution in [3.63, 3.8) is 0 Å². The van der Waals surface area contributed by atoms with Crippen molar-refractivity contribution in [2.24, 2.45) is 0 Å². The highest BCUT2D eigenvalue weighted by Gasteiger charge is 2.45. The Morgan fingerprint density at radius 2 is 0.979 bits per heavy atom. The lowest BCUT2D eigenvalue weighted by Crippen LogP contribution is -2.27. The van der Waals surface area contributed by atoms with E-state index in [4.69, 9.17) is 9.47 Å². The minimum atomic E-state index is -1.36. The second kappa shape index (κ2) is 17.2. The third kappa shape index (κ3) is 8.53. The summed E-state index contributed by atoms with van der Waals surface area (Å²) in [7, 11) is 0. The molecule has 0 heterocycles. The van der Waals surface area contributed by atoms with Gasteiger partial charge in [0.25, 0.3) is 0 Å². The number of ether oxygens (including phenoxy) is 2. The third-order valence-corrected chi connectivity index (χ3v) is 10.4. The lowest BCUT2D eigenvalue weighted by atomic mass is 9.79. The van der Waals surface area contributed by atoms with Crippen LogP contribution in [0.25, 0.3) is 22.3 Å². The van der Waals surface area contributed by atoms with Crippen molar-refractivity contribution in [1.82, 2.24) is 0 Å². The van der Waals surface area contributed by atoms with Gasteiger partial charge < -0.3 is 14.6 Å². The van der Waals surface area contributed by atoms with Gasteiger partial charge in [-0.15, -0.1) is 0 Å². The maximum Gasteiger partial charge on any atom is 0.142 e. The second-order valence-electron chi connectivity index (χ2n) is 13.0. The lowest BCUT2D eigenvalue weighted by Gasteiger charge is -2.30. The fraction of sp³-hybridized carbons (Fsp3) is 0.429. The Labute approximate surface area is 299 Å².